The van der Waals surface area contributed by atoms with Gasteiger partial charge in [0.2, 0.25) is 17.7 Å². The van der Waals surface area contributed by atoms with Crippen molar-refractivity contribution in [3.8, 4) is 0 Å². The van der Waals surface area contributed by atoms with E-state index in [9.17, 15) is 24.0 Å². The minimum absolute atomic E-state index is 0.154. The van der Waals surface area contributed by atoms with Gasteiger partial charge in [0.05, 0.1) is 6.04 Å². The summed E-state index contributed by atoms with van der Waals surface area (Å²) < 4.78 is 5.24. The summed E-state index contributed by atoms with van der Waals surface area (Å²) in [5.41, 5.74) is 12.4. The fourth-order valence-corrected chi connectivity index (χ4v) is 3.98. The van der Waals surface area contributed by atoms with Crippen LogP contribution < -0.4 is 33.0 Å². The summed E-state index contributed by atoms with van der Waals surface area (Å²) in [5, 5.41) is 17.8. The van der Waals surface area contributed by atoms with Crippen molar-refractivity contribution in [3.63, 3.8) is 0 Å². The van der Waals surface area contributed by atoms with E-state index in [2.05, 4.69) is 16.0 Å². The normalized spacial score (nSPS) is 14.2. The first-order chi connectivity index (χ1) is 18.5. The molecule has 0 unspecified atom stereocenters. The highest BCUT2D eigenvalue weighted by molar-refractivity contribution is 5.99. The summed E-state index contributed by atoms with van der Waals surface area (Å²) in [6.07, 6.45) is 1.49. The van der Waals surface area contributed by atoms with Gasteiger partial charge in [-0.15, -0.1) is 0 Å². The van der Waals surface area contributed by atoms with Crippen LogP contribution in [0.3, 0.4) is 0 Å². The molecule has 12 heteroatoms. The third-order valence-electron chi connectivity index (χ3n) is 6.64. The number of fused-ring (bicyclic) bond motifs is 1. The van der Waals surface area contributed by atoms with Crippen molar-refractivity contribution in [2.24, 2.45) is 17.4 Å². The van der Waals surface area contributed by atoms with Crippen LogP contribution in [0.5, 0.6) is 0 Å². The van der Waals surface area contributed by atoms with E-state index in [1.165, 1.54) is 12.1 Å². The Bertz CT molecular complexity index is 1230. The number of benzene rings is 1. The average Bonchev–Trinajstić information content (AvgIpc) is 2.88. The molecule has 0 saturated heterocycles. The lowest BCUT2D eigenvalue weighted by Crippen LogP contribution is -2.56. The second kappa shape index (κ2) is 15.0. The van der Waals surface area contributed by atoms with E-state index in [0.29, 0.717) is 42.5 Å². The Balaban J connectivity index is 2.23. The summed E-state index contributed by atoms with van der Waals surface area (Å²) in [6, 6.07) is 3.17. The van der Waals surface area contributed by atoms with Gasteiger partial charge in [0.15, 0.2) is 0 Å². The van der Waals surface area contributed by atoms with E-state index in [-0.39, 0.29) is 25.2 Å². The van der Waals surface area contributed by atoms with Gasteiger partial charge in [0, 0.05) is 29.6 Å². The Morgan fingerprint density at radius 3 is 2.31 bits per heavy atom. The van der Waals surface area contributed by atoms with Crippen LogP contribution in [-0.4, -0.2) is 53.5 Å². The first-order valence-corrected chi connectivity index (χ1v) is 13.1. The monoisotopic (exact) mass is 545 g/mol. The molecule has 1 aromatic heterocycles. The summed E-state index contributed by atoms with van der Waals surface area (Å²) in [6.45, 7) is 5.85. The smallest absolute Gasteiger partial charge is 0.336 e. The number of nitrogens with one attached hydrogen (secondary N) is 3. The van der Waals surface area contributed by atoms with Crippen molar-refractivity contribution in [3.05, 3.63) is 40.2 Å². The van der Waals surface area contributed by atoms with Crippen LogP contribution >= 0.6 is 0 Å². The molecule has 0 spiro atoms. The zero-order valence-electron chi connectivity index (χ0n) is 22.6. The second-order valence-electron chi connectivity index (χ2n) is 9.70. The summed E-state index contributed by atoms with van der Waals surface area (Å²) >= 11 is 0. The molecule has 3 amide bonds. The predicted octanol–water partition coefficient (Wildman–Crippen LogP) is 1.38. The zero-order valence-corrected chi connectivity index (χ0v) is 22.6. The molecule has 0 saturated carbocycles. The number of carbonyl (C=O) groups is 4. The quantitative estimate of drug-likeness (QED) is 0.141. The number of carboxylic acid groups (broad SMARTS) is 1. The third kappa shape index (κ3) is 9.48. The molecular formula is C27H39N5O7. The topological polar surface area (TPSA) is 207 Å². The molecule has 1 aromatic carbocycles. The number of carboxylic acids is 1. The Hall–Kier alpha value is -3.77. The van der Waals surface area contributed by atoms with Crippen molar-refractivity contribution in [2.75, 3.05) is 11.9 Å². The molecule has 2 rings (SSSR count). The van der Waals surface area contributed by atoms with Crippen molar-refractivity contribution in [1.29, 1.82) is 0 Å². The van der Waals surface area contributed by atoms with E-state index in [0.717, 1.165) is 5.56 Å². The van der Waals surface area contributed by atoms with Gasteiger partial charge in [-0.25, -0.2) is 4.79 Å². The number of nitrogens with two attached hydrogens (primary N) is 2. The molecule has 0 radical (unpaired) electrons. The van der Waals surface area contributed by atoms with E-state index in [1.54, 1.807) is 26.0 Å². The van der Waals surface area contributed by atoms with Crippen LogP contribution in [0.4, 0.5) is 5.69 Å². The fraction of sp³-hybridized carbons (Fsp3) is 0.519. The number of aryl methyl sites for hydroxylation is 1. The highest BCUT2D eigenvalue weighted by Crippen LogP contribution is 2.21. The molecule has 0 aliphatic rings. The third-order valence-corrected chi connectivity index (χ3v) is 6.64. The molecular weight excluding hydrogens is 506 g/mol. The molecule has 0 fully saturated rings. The number of hydrogen-bond donors (Lipinski definition) is 6. The largest absolute Gasteiger partial charge is 0.481 e. The number of rotatable bonds is 15. The van der Waals surface area contributed by atoms with Crippen LogP contribution in [0.25, 0.3) is 11.0 Å². The lowest BCUT2D eigenvalue weighted by Gasteiger charge is -2.25. The van der Waals surface area contributed by atoms with Gasteiger partial charge in [0.25, 0.3) is 0 Å². The maximum Gasteiger partial charge on any atom is 0.336 e. The van der Waals surface area contributed by atoms with Crippen LogP contribution in [0.15, 0.2) is 33.5 Å². The van der Waals surface area contributed by atoms with Crippen LogP contribution in [0.1, 0.15) is 57.9 Å². The zero-order chi connectivity index (χ0) is 29.1. The van der Waals surface area contributed by atoms with Gasteiger partial charge in [-0.05, 0) is 62.8 Å². The Morgan fingerprint density at radius 1 is 1.00 bits per heavy atom. The molecule has 0 aliphatic heterocycles. The molecule has 4 atom stereocenters. The molecule has 39 heavy (non-hydrogen) atoms. The summed E-state index contributed by atoms with van der Waals surface area (Å²) in [4.78, 5) is 62.0. The highest BCUT2D eigenvalue weighted by Gasteiger charge is 2.29. The van der Waals surface area contributed by atoms with E-state index < -0.39 is 47.4 Å². The lowest BCUT2D eigenvalue weighted by atomic mass is 9.98. The van der Waals surface area contributed by atoms with E-state index in [1.807, 2.05) is 6.92 Å². The van der Waals surface area contributed by atoms with Crippen LogP contribution in [-0.2, 0) is 19.2 Å². The van der Waals surface area contributed by atoms with Gasteiger partial charge >= 0.3 is 11.6 Å². The maximum atomic E-state index is 13.2. The van der Waals surface area contributed by atoms with Crippen molar-refractivity contribution < 1.29 is 28.7 Å². The first kappa shape index (κ1) is 31.4. The number of amides is 3. The Labute approximate surface area is 226 Å². The Morgan fingerprint density at radius 2 is 1.67 bits per heavy atom. The number of hydrogen-bond acceptors (Lipinski definition) is 8. The van der Waals surface area contributed by atoms with E-state index in [4.69, 9.17) is 21.0 Å². The van der Waals surface area contributed by atoms with Crippen molar-refractivity contribution >= 4 is 40.3 Å². The average molecular weight is 546 g/mol. The van der Waals surface area contributed by atoms with Gasteiger partial charge in [-0.2, -0.15) is 0 Å². The van der Waals surface area contributed by atoms with E-state index >= 15 is 0 Å². The number of anilines is 1. The second-order valence-corrected chi connectivity index (χ2v) is 9.70. The molecule has 214 valence electrons. The van der Waals surface area contributed by atoms with Gasteiger partial charge < -0.3 is 36.9 Å². The molecule has 12 nitrogen and oxygen atoms in total. The molecule has 2 aromatic rings. The molecule has 8 N–H and O–H groups in total. The summed E-state index contributed by atoms with van der Waals surface area (Å²) in [5.74, 6) is -3.10. The minimum atomic E-state index is -1.20. The maximum absolute atomic E-state index is 13.2. The highest BCUT2D eigenvalue weighted by atomic mass is 16.4. The number of carbonyl (C=O) groups excluding carboxylic acids is 3. The fourth-order valence-electron chi connectivity index (χ4n) is 3.98. The lowest BCUT2D eigenvalue weighted by molar-refractivity contribution is -0.138. The van der Waals surface area contributed by atoms with Crippen LogP contribution in [0, 0.1) is 12.8 Å². The Kier molecular flexibility index (Phi) is 12.1. The van der Waals surface area contributed by atoms with Crippen molar-refractivity contribution in [2.45, 2.75) is 77.4 Å². The SMILES string of the molecule is CC[C@H](C)[C@H](N)C(=O)N[C@@H](CCC(=O)O)C(=O)N[C@@H](CCCCN)C(=O)Nc1ccc2c(C)cc(=O)oc2c1. The van der Waals surface area contributed by atoms with Gasteiger partial charge in [0.1, 0.15) is 17.7 Å². The van der Waals surface area contributed by atoms with Gasteiger partial charge in [-0.1, -0.05) is 20.3 Å². The number of unbranched alkanes of at least 4 members (excludes halogenated alkanes) is 1. The predicted molar refractivity (Wildman–Crippen MR) is 147 cm³/mol. The molecule has 0 aliphatic carbocycles. The van der Waals surface area contributed by atoms with Gasteiger partial charge in [-0.3, -0.25) is 19.2 Å². The molecule has 1 heterocycles. The summed E-state index contributed by atoms with van der Waals surface area (Å²) in [7, 11) is 0. The standard InChI is InChI=1S/C27H39N5O7/c1-4-15(2)24(29)27(38)32-20(10-11-22(33)34)26(37)31-19(7-5-6-12-28)25(36)30-17-8-9-18-16(3)13-23(35)39-21(18)14-17/h8-9,13-15,19-20,24H,4-7,10-12,28-29H2,1-3H3,(H,30,36)(H,31,37)(H,32,38)(H,33,34)/t15-,19-,20-,24-/m0/s1. The molecule has 0 bridgehead atoms. The minimum Gasteiger partial charge on any atom is -0.481 e. The number of aliphatic carboxylic acids is 1. The first-order valence-electron chi connectivity index (χ1n) is 13.1. The van der Waals surface area contributed by atoms with Crippen molar-refractivity contribution in [1.82, 2.24) is 10.6 Å². The van der Waals surface area contributed by atoms with Crippen LogP contribution in [0.2, 0.25) is 0 Å².